The third-order valence-electron chi connectivity index (χ3n) is 4.48. The second kappa shape index (κ2) is 7.40. The monoisotopic (exact) mass is 386 g/mol. The lowest BCUT2D eigenvalue weighted by atomic mass is 9.74. The summed E-state index contributed by atoms with van der Waals surface area (Å²) >= 11 is 12.5. The van der Waals surface area contributed by atoms with E-state index in [1.807, 2.05) is 44.2 Å². The van der Waals surface area contributed by atoms with Gasteiger partial charge in [0.1, 0.15) is 6.10 Å². The smallest absolute Gasteiger partial charge is 0.187 e. The first-order valence-corrected chi connectivity index (χ1v) is 9.19. The number of aliphatic hydroxyl groups is 1. The molecule has 0 fully saturated rings. The van der Waals surface area contributed by atoms with Gasteiger partial charge in [0.2, 0.25) is 0 Å². The maximum absolute atomic E-state index is 13.1. The first-order valence-electron chi connectivity index (χ1n) is 8.43. The van der Waals surface area contributed by atoms with E-state index >= 15 is 0 Å². The van der Waals surface area contributed by atoms with E-state index in [9.17, 15) is 9.90 Å². The first kappa shape index (κ1) is 18.9. The zero-order valence-electron chi connectivity index (χ0n) is 14.7. The summed E-state index contributed by atoms with van der Waals surface area (Å²) in [7, 11) is 0. The maximum Gasteiger partial charge on any atom is 0.187 e. The molecule has 0 radical (unpaired) electrons. The molecule has 1 aliphatic carbocycles. The van der Waals surface area contributed by atoms with Gasteiger partial charge < -0.3 is 5.11 Å². The fraction of sp³-hybridized carbons (Fsp3) is 0.227. The first-order chi connectivity index (χ1) is 12.3. The number of aliphatic hydroxyl groups excluding tert-OH is 1. The van der Waals surface area contributed by atoms with Gasteiger partial charge in [-0.3, -0.25) is 4.79 Å². The van der Waals surface area contributed by atoms with Gasteiger partial charge in [-0.2, -0.15) is 0 Å². The molecule has 1 N–H and O–H groups in total. The summed E-state index contributed by atoms with van der Waals surface area (Å²) in [5, 5.41) is 11.9. The van der Waals surface area contributed by atoms with Crippen molar-refractivity contribution in [2.45, 2.75) is 26.4 Å². The average molecular weight is 387 g/mol. The van der Waals surface area contributed by atoms with Crippen molar-refractivity contribution < 1.29 is 9.90 Å². The van der Waals surface area contributed by atoms with E-state index < -0.39 is 6.10 Å². The van der Waals surface area contributed by atoms with Crippen molar-refractivity contribution in [2.75, 3.05) is 0 Å². The molecule has 0 saturated carbocycles. The number of carbonyl (C=O) groups excluding carboxylic acids is 1. The summed E-state index contributed by atoms with van der Waals surface area (Å²) in [6.07, 6.45) is 3.19. The lowest BCUT2D eigenvalue weighted by Crippen LogP contribution is -2.25. The molecule has 0 saturated heterocycles. The average Bonchev–Trinajstić information content (AvgIpc) is 2.59. The van der Waals surface area contributed by atoms with Gasteiger partial charge in [0.05, 0.1) is 0 Å². The number of ketones is 1. The standard InChI is InChI=1S/C22H20Cl2O2/c1-22(2)12-15(11-14-7-3-5-9-18(14)23)20(25)17(13-22)21(26)16-8-4-6-10-19(16)24/h3-11,13,21,26H,12H2,1-2H3/b15-11+. The third kappa shape index (κ3) is 3.93. The van der Waals surface area contributed by atoms with Crippen molar-refractivity contribution in [3.8, 4) is 0 Å². The van der Waals surface area contributed by atoms with Crippen molar-refractivity contribution >= 4 is 35.1 Å². The fourth-order valence-corrected chi connectivity index (χ4v) is 3.69. The van der Waals surface area contributed by atoms with Crippen molar-refractivity contribution in [2.24, 2.45) is 5.41 Å². The zero-order valence-corrected chi connectivity index (χ0v) is 16.2. The van der Waals surface area contributed by atoms with Crippen LogP contribution < -0.4 is 0 Å². The number of allylic oxidation sites excluding steroid dienone is 2. The Morgan fingerprint density at radius 1 is 1.04 bits per heavy atom. The van der Waals surface area contributed by atoms with Crippen LogP contribution in [-0.4, -0.2) is 10.9 Å². The van der Waals surface area contributed by atoms with Crippen LogP contribution in [0.3, 0.4) is 0 Å². The Morgan fingerprint density at radius 3 is 2.31 bits per heavy atom. The summed E-state index contributed by atoms with van der Waals surface area (Å²) in [5.41, 5.74) is 2.04. The highest BCUT2D eigenvalue weighted by Gasteiger charge is 2.34. The van der Waals surface area contributed by atoms with Crippen LogP contribution >= 0.6 is 23.2 Å². The van der Waals surface area contributed by atoms with E-state index in [1.165, 1.54) is 0 Å². The highest BCUT2D eigenvalue weighted by atomic mass is 35.5. The SMILES string of the molecule is CC1(C)C=C(C(O)c2ccccc2Cl)C(=O)/C(=C/c2ccccc2Cl)C1. The molecule has 2 aromatic carbocycles. The molecule has 26 heavy (non-hydrogen) atoms. The fourth-order valence-electron chi connectivity index (χ4n) is 3.26. The van der Waals surface area contributed by atoms with Crippen LogP contribution in [0.4, 0.5) is 0 Å². The van der Waals surface area contributed by atoms with E-state index in [1.54, 1.807) is 30.3 Å². The minimum absolute atomic E-state index is 0.170. The van der Waals surface area contributed by atoms with Gasteiger partial charge in [-0.1, -0.05) is 79.5 Å². The van der Waals surface area contributed by atoms with E-state index in [4.69, 9.17) is 23.2 Å². The molecular formula is C22H20Cl2O2. The molecule has 0 bridgehead atoms. The Kier molecular flexibility index (Phi) is 5.38. The molecule has 0 aromatic heterocycles. The molecule has 4 heteroatoms. The summed E-state index contributed by atoms with van der Waals surface area (Å²) < 4.78 is 0. The van der Waals surface area contributed by atoms with Gasteiger partial charge in [-0.05, 0) is 35.6 Å². The largest absolute Gasteiger partial charge is 0.383 e. The van der Waals surface area contributed by atoms with Crippen molar-refractivity contribution in [3.63, 3.8) is 0 Å². The van der Waals surface area contributed by atoms with Crippen LogP contribution in [0.1, 0.15) is 37.5 Å². The van der Waals surface area contributed by atoms with Gasteiger partial charge in [-0.15, -0.1) is 0 Å². The van der Waals surface area contributed by atoms with Gasteiger partial charge in [0.15, 0.2) is 5.78 Å². The Hall–Kier alpha value is -1.87. The predicted molar refractivity (Wildman–Crippen MR) is 107 cm³/mol. The van der Waals surface area contributed by atoms with Gasteiger partial charge in [-0.25, -0.2) is 0 Å². The number of hydrogen-bond acceptors (Lipinski definition) is 2. The highest BCUT2D eigenvalue weighted by Crippen LogP contribution is 2.41. The van der Waals surface area contributed by atoms with E-state index in [0.717, 1.165) is 5.56 Å². The summed E-state index contributed by atoms with van der Waals surface area (Å²) in [4.78, 5) is 13.1. The maximum atomic E-state index is 13.1. The van der Waals surface area contributed by atoms with Crippen LogP contribution in [0.15, 0.2) is 65.8 Å². The van der Waals surface area contributed by atoms with Gasteiger partial charge in [0, 0.05) is 26.8 Å². The lowest BCUT2D eigenvalue weighted by molar-refractivity contribution is -0.113. The van der Waals surface area contributed by atoms with E-state index in [2.05, 4.69) is 0 Å². The molecule has 0 aliphatic heterocycles. The summed E-state index contributed by atoms with van der Waals surface area (Å²) in [6, 6.07) is 14.4. The number of hydrogen-bond donors (Lipinski definition) is 1. The number of rotatable bonds is 3. The molecule has 2 aromatic rings. The molecular weight excluding hydrogens is 367 g/mol. The minimum atomic E-state index is -1.06. The molecule has 1 unspecified atom stereocenters. The van der Waals surface area contributed by atoms with Gasteiger partial charge >= 0.3 is 0 Å². The van der Waals surface area contributed by atoms with Crippen LogP contribution in [0, 0.1) is 5.41 Å². The molecule has 134 valence electrons. The molecule has 0 spiro atoms. The van der Waals surface area contributed by atoms with Crippen molar-refractivity contribution in [1.82, 2.24) is 0 Å². The number of Topliss-reactive ketones (excluding diaryl/α,β-unsaturated/α-hetero) is 1. The van der Waals surface area contributed by atoms with E-state index in [-0.39, 0.29) is 11.2 Å². The molecule has 0 heterocycles. The summed E-state index contributed by atoms with van der Waals surface area (Å²) in [6.45, 7) is 4.08. The highest BCUT2D eigenvalue weighted by molar-refractivity contribution is 6.32. The normalized spacial score (nSPS) is 19.3. The minimum Gasteiger partial charge on any atom is -0.383 e. The van der Waals surface area contributed by atoms with E-state index in [0.29, 0.717) is 33.2 Å². The van der Waals surface area contributed by atoms with Crippen molar-refractivity contribution in [1.29, 1.82) is 0 Å². The van der Waals surface area contributed by atoms with Crippen molar-refractivity contribution in [3.05, 3.63) is 86.9 Å². The van der Waals surface area contributed by atoms with Crippen LogP contribution in [0.25, 0.3) is 6.08 Å². The summed E-state index contributed by atoms with van der Waals surface area (Å²) in [5.74, 6) is -0.170. The quantitative estimate of drug-likeness (QED) is 0.653. The number of benzene rings is 2. The molecule has 0 amide bonds. The van der Waals surface area contributed by atoms with Gasteiger partial charge in [0.25, 0.3) is 0 Å². The second-order valence-corrected chi connectivity index (χ2v) is 8.02. The Balaban J connectivity index is 2.04. The Bertz CT molecular complexity index is 910. The van der Waals surface area contributed by atoms with Crippen LogP contribution in [0.2, 0.25) is 10.0 Å². The van der Waals surface area contributed by atoms with Crippen LogP contribution in [-0.2, 0) is 4.79 Å². The molecule has 3 rings (SSSR count). The third-order valence-corrected chi connectivity index (χ3v) is 5.16. The predicted octanol–water partition coefficient (Wildman–Crippen LogP) is 6.04. The molecule has 1 aliphatic rings. The topological polar surface area (TPSA) is 37.3 Å². The molecule has 1 atom stereocenters. The zero-order chi connectivity index (χ0) is 18.9. The second-order valence-electron chi connectivity index (χ2n) is 7.21. The number of carbonyl (C=O) groups is 1. The lowest BCUT2D eigenvalue weighted by Gasteiger charge is -2.31. The Labute approximate surface area is 163 Å². The molecule has 2 nitrogen and oxygen atoms in total. The van der Waals surface area contributed by atoms with Crippen LogP contribution in [0.5, 0.6) is 0 Å². The Morgan fingerprint density at radius 2 is 1.65 bits per heavy atom. The number of halogens is 2.